The highest BCUT2D eigenvalue weighted by atomic mass is 16.5. The summed E-state index contributed by atoms with van der Waals surface area (Å²) in [6, 6.07) is 18.4. The molecule has 0 atom stereocenters. The van der Waals surface area contributed by atoms with Crippen molar-refractivity contribution in [2.45, 2.75) is 6.54 Å². The molecular weight excluding hydrogens is 384 g/mol. The molecule has 0 saturated heterocycles. The molecule has 152 valence electrons. The van der Waals surface area contributed by atoms with Crippen molar-refractivity contribution in [2.75, 3.05) is 19.5 Å². The van der Waals surface area contributed by atoms with Crippen LogP contribution in [0.2, 0.25) is 0 Å². The first-order valence-corrected chi connectivity index (χ1v) is 9.24. The van der Waals surface area contributed by atoms with Gasteiger partial charge in [-0.1, -0.05) is 18.2 Å². The fourth-order valence-electron chi connectivity index (χ4n) is 3.04. The maximum Gasteiger partial charge on any atom is 0.264 e. The van der Waals surface area contributed by atoms with Gasteiger partial charge in [-0.2, -0.15) is 0 Å². The van der Waals surface area contributed by atoms with E-state index in [1.165, 1.54) is 0 Å². The van der Waals surface area contributed by atoms with Crippen LogP contribution in [0.1, 0.15) is 0 Å². The van der Waals surface area contributed by atoms with Crippen LogP contribution in [0.5, 0.6) is 11.5 Å². The average molecular weight is 404 g/mol. The quantitative estimate of drug-likeness (QED) is 0.503. The smallest absolute Gasteiger partial charge is 0.264 e. The first-order chi connectivity index (χ1) is 14.7. The second-order valence-corrected chi connectivity index (χ2v) is 6.42. The van der Waals surface area contributed by atoms with Crippen LogP contribution in [0.15, 0.2) is 71.3 Å². The third kappa shape index (κ3) is 4.02. The van der Waals surface area contributed by atoms with E-state index in [0.29, 0.717) is 34.7 Å². The summed E-state index contributed by atoms with van der Waals surface area (Å²) in [4.78, 5) is 12.6. The SMILES string of the molecule is COc1ccc(NC(=O)Cn2cccc2-c2nnc(-c3ccccc3)o2)cc1OC. The fourth-order valence-corrected chi connectivity index (χ4v) is 3.04. The van der Waals surface area contributed by atoms with E-state index in [1.807, 2.05) is 42.5 Å². The first kappa shape index (κ1) is 19.3. The Bertz CT molecular complexity index is 1150. The second kappa shape index (κ2) is 8.52. The Hall–Kier alpha value is -4.07. The minimum atomic E-state index is -0.206. The number of benzene rings is 2. The molecule has 0 radical (unpaired) electrons. The molecule has 30 heavy (non-hydrogen) atoms. The predicted octanol–water partition coefficient (Wildman–Crippen LogP) is 3.86. The van der Waals surface area contributed by atoms with Crippen LogP contribution in [0, 0.1) is 0 Å². The first-order valence-electron chi connectivity index (χ1n) is 9.24. The van der Waals surface area contributed by atoms with Crippen LogP contribution < -0.4 is 14.8 Å². The number of hydrogen-bond donors (Lipinski definition) is 1. The lowest BCUT2D eigenvalue weighted by Crippen LogP contribution is -2.18. The number of rotatable bonds is 7. The van der Waals surface area contributed by atoms with Crippen molar-refractivity contribution in [2.24, 2.45) is 0 Å². The van der Waals surface area contributed by atoms with E-state index in [2.05, 4.69) is 15.5 Å². The minimum Gasteiger partial charge on any atom is -0.493 e. The molecule has 1 N–H and O–H groups in total. The van der Waals surface area contributed by atoms with Gasteiger partial charge < -0.3 is 23.8 Å². The van der Waals surface area contributed by atoms with Crippen LogP contribution in [0.3, 0.4) is 0 Å². The Balaban J connectivity index is 1.49. The van der Waals surface area contributed by atoms with Gasteiger partial charge in [0.1, 0.15) is 12.2 Å². The number of methoxy groups -OCH3 is 2. The second-order valence-electron chi connectivity index (χ2n) is 6.42. The molecule has 0 unspecified atom stereocenters. The van der Waals surface area contributed by atoms with E-state index in [0.717, 1.165) is 5.56 Å². The zero-order valence-electron chi connectivity index (χ0n) is 16.5. The van der Waals surface area contributed by atoms with E-state index < -0.39 is 0 Å². The van der Waals surface area contributed by atoms with Gasteiger partial charge in [0.15, 0.2) is 11.5 Å². The normalized spacial score (nSPS) is 10.6. The molecule has 0 aliphatic carbocycles. The van der Waals surface area contributed by atoms with Crippen molar-refractivity contribution in [3.63, 3.8) is 0 Å². The predicted molar refractivity (Wildman–Crippen MR) is 111 cm³/mol. The van der Waals surface area contributed by atoms with Gasteiger partial charge in [-0.25, -0.2) is 0 Å². The number of carbonyl (C=O) groups is 1. The molecule has 2 aromatic heterocycles. The molecule has 0 aliphatic heterocycles. The summed E-state index contributed by atoms with van der Waals surface area (Å²) in [6.45, 7) is 0.0831. The van der Waals surface area contributed by atoms with Crippen LogP contribution in [-0.4, -0.2) is 34.9 Å². The highest BCUT2D eigenvalue weighted by molar-refractivity contribution is 5.91. The zero-order chi connectivity index (χ0) is 20.9. The van der Waals surface area contributed by atoms with E-state index in [1.54, 1.807) is 43.2 Å². The molecule has 0 aliphatic rings. The summed E-state index contributed by atoms with van der Waals surface area (Å²) in [7, 11) is 3.11. The van der Waals surface area contributed by atoms with Gasteiger partial charge in [0.2, 0.25) is 11.8 Å². The summed E-state index contributed by atoms with van der Waals surface area (Å²) in [5.41, 5.74) is 2.10. The Morgan fingerprint density at radius 1 is 0.967 bits per heavy atom. The Morgan fingerprint density at radius 3 is 2.50 bits per heavy atom. The molecule has 1 amide bonds. The summed E-state index contributed by atoms with van der Waals surface area (Å²) in [5, 5.41) is 11.1. The van der Waals surface area contributed by atoms with Crippen molar-refractivity contribution in [1.82, 2.24) is 14.8 Å². The number of aromatic nitrogens is 3. The topological polar surface area (TPSA) is 91.4 Å². The number of hydrogen-bond acceptors (Lipinski definition) is 6. The van der Waals surface area contributed by atoms with Crippen molar-refractivity contribution >= 4 is 11.6 Å². The molecule has 0 bridgehead atoms. The van der Waals surface area contributed by atoms with Gasteiger partial charge in [0.05, 0.1) is 14.2 Å². The van der Waals surface area contributed by atoms with Gasteiger partial charge in [-0.15, -0.1) is 10.2 Å². The lowest BCUT2D eigenvalue weighted by molar-refractivity contribution is -0.116. The molecule has 4 aromatic rings. The Morgan fingerprint density at radius 2 is 1.73 bits per heavy atom. The average Bonchev–Trinajstić information content (AvgIpc) is 3.43. The zero-order valence-corrected chi connectivity index (χ0v) is 16.5. The summed E-state index contributed by atoms with van der Waals surface area (Å²) < 4.78 is 18.0. The van der Waals surface area contributed by atoms with Gasteiger partial charge in [-0.3, -0.25) is 4.79 Å². The largest absolute Gasteiger partial charge is 0.493 e. The standard InChI is InChI=1S/C22H20N4O4/c1-28-18-11-10-16(13-19(18)29-2)23-20(27)14-26-12-6-9-17(26)22-25-24-21(30-22)15-7-4-3-5-8-15/h3-13H,14H2,1-2H3,(H,23,27). The number of nitrogens with one attached hydrogen (secondary N) is 1. The van der Waals surface area contributed by atoms with E-state index in [4.69, 9.17) is 13.9 Å². The Kier molecular flexibility index (Phi) is 5.47. The number of anilines is 1. The van der Waals surface area contributed by atoms with Crippen molar-refractivity contribution in [1.29, 1.82) is 0 Å². The summed E-state index contributed by atoms with van der Waals surface area (Å²) in [6.07, 6.45) is 1.79. The highest BCUT2D eigenvalue weighted by Crippen LogP contribution is 2.30. The molecule has 0 spiro atoms. The van der Waals surface area contributed by atoms with Gasteiger partial charge >= 0.3 is 0 Å². The van der Waals surface area contributed by atoms with Crippen LogP contribution in [-0.2, 0) is 11.3 Å². The molecular formula is C22H20N4O4. The molecule has 8 nitrogen and oxygen atoms in total. The summed E-state index contributed by atoms with van der Waals surface area (Å²) >= 11 is 0. The maximum atomic E-state index is 12.6. The number of carbonyl (C=O) groups excluding carboxylic acids is 1. The highest BCUT2D eigenvalue weighted by Gasteiger charge is 2.15. The fraction of sp³-hybridized carbons (Fsp3) is 0.136. The lowest BCUT2D eigenvalue weighted by atomic mass is 10.2. The number of ether oxygens (including phenoxy) is 2. The van der Waals surface area contributed by atoms with Gasteiger partial charge in [0.25, 0.3) is 5.89 Å². The molecule has 0 saturated carbocycles. The molecule has 8 heteroatoms. The van der Waals surface area contributed by atoms with Crippen molar-refractivity contribution in [3.05, 3.63) is 66.9 Å². The van der Waals surface area contributed by atoms with Crippen LogP contribution >= 0.6 is 0 Å². The van der Waals surface area contributed by atoms with Crippen molar-refractivity contribution in [3.8, 4) is 34.5 Å². The molecule has 4 rings (SSSR count). The monoisotopic (exact) mass is 404 g/mol. The number of amides is 1. The maximum absolute atomic E-state index is 12.6. The Labute approximate surface area is 173 Å². The number of nitrogens with zero attached hydrogens (tertiary/aromatic N) is 3. The molecule has 2 heterocycles. The van der Waals surface area contributed by atoms with E-state index in [-0.39, 0.29) is 12.5 Å². The van der Waals surface area contributed by atoms with Crippen LogP contribution in [0.4, 0.5) is 5.69 Å². The third-order valence-electron chi connectivity index (χ3n) is 4.48. The third-order valence-corrected chi connectivity index (χ3v) is 4.48. The van der Waals surface area contributed by atoms with Crippen molar-refractivity contribution < 1.29 is 18.7 Å². The molecule has 0 fully saturated rings. The van der Waals surface area contributed by atoms with Gasteiger partial charge in [0, 0.05) is 23.5 Å². The van der Waals surface area contributed by atoms with E-state index in [9.17, 15) is 4.79 Å². The van der Waals surface area contributed by atoms with Gasteiger partial charge in [-0.05, 0) is 36.4 Å². The van der Waals surface area contributed by atoms with E-state index >= 15 is 0 Å². The lowest BCUT2D eigenvalue weighted by Gasteiger charge is -2.11. The minimum absolute atomic E-state index is 0.0831. The summed E-state index contributed by atoms with van der Waals surface area (Å²) in [5.74, 6) is 1.69. The van der Waals surface area contributed by atoms with Crippen LogP contribution in [0.25, 0.3) is 23.0 Å². The molecule has 2 aromatic carbocycles.